The molecule has 4 rings (SSSR count). The van der Waals surface area contributed by atoms with Gasteiger partial charge in [-0.15, -0.1) is 22.7 Å². The van der Waals surface area contributed by atoms with E-state index in [1.165, 1.54) is 22.6 Å². The highest BCUT2D eigenvalue weighted by atomic mass is 32.1. The Bertz CT molecular complexity index is 867. The number of ether oxygens (including phenoxy) is 1. The zero-order valence-corrected chi connectivity index (χ0v) is 17.2. The zero-order chi connectivity index (χ0) is 19.5. The largest absolute Gasteiger partial charge is 0.452 e. The van der Waals surface area contributed by atoms with E-state index in [-0.39, 0.29) is 18.4 Å². The Labute approximate surface area is 171 Å². The number of nitrogens with zero attached hydrogens (tertiary/aromatic N) is 2. The van der Waals surface area contributed by atoms with Gasteiger partial charge in [0.25, 0.3) is 11.8 Å². The normalized spacial score (nSPS) is 16.6. The fourth-order valence-corrected chi connectivity index (χ4v) is 5.48. The first kappa shape index (κ1) is 19.1. The molecule has 0 saturated carbocycles. The van der Waals surface area contributed by atoms with Gasteiger partial charge in [0.1, 0.15) is 0 Å². The number of fused-ring (bicyclic) bond motifs is 1. The molecule has 0 aromatic carbocycles. The molecule has 0 atom stereocenters. The van der Waals surface area contributed by atoms with Gasteiger partial charge in [0.05, 0.1) is 10.4 Å². The smallest absolute Gasteiger partial charge is 0.339 e. The number of piperazine rings is 1. The lowest BCUT2D eigenvalue weighted by Crippen LogP contribution is -2.51. The monoisotopic (exact) mass is 418 g/mol. The zero-order valence-electron chi connectivity index (χ0n) is 15.5. The Kier molecular flexibility index (Phi) is 5.77. The van der Waals surface area contributed by atoms with E-state index in [1.54, 1.807) is 21.1 Å². The Hall–Kier alpha value is -2.19. The average molecular weight is 419 g/mol. The first-order valence-corrected chi connectivity index (χ1v) is 11.3. The van der Waals surface area contributed by atoms with Crippen molar-refractivity contribution in [1.29, 1.82) is 0 Å². The number of amides is 2. The SMILES string of the molecule is O=C(OCC(=O)N1CCN(C(=O)c2cccs2)CC1)c1csc2c1CCCC2. The van der Waals surface area contributed by atoms with E-state index in [0.717, 1.165) is 24.8 Å². The number of rotatable bonds is 4. The van der Waals surface area contributed by atoms with Gasteiger partial charge in [0.15, 0.2) is 6.61 Å². The van der Waals surface area contributed by atoms with E-state index in [1.807, 2.05) is 22.9 Å². The minimum Gasteiger partial charge on any atom is -0.452 e. The van der Waals surface area contributed by atoms with Crippen LogP contribution in [-0.4, -0.2) is 60.4 Å². The van der Waals surface area contributed by atoms with E-state index < -0.39 is 5.97 Å². The van der Waals surface area contributed by atoms with Crippen LogP contribution in [0.2, 0.25) is 0 Å². The van der Waals surface area contributed by atoms with Crippen molar-refractivity contribution in [3.8, 4) is 0 Å². The molecule has 0 bridgehead atoms. The van der Waals surface area contributed by atoms with Gasteiger partial charge >= 0.3 is 5.97 Å². The van der Waals surface area contributed by atoms with Crippen molar-refractivity contribution in [2.75, 3.05) is 32.8 Å². The first-order chi connectivity index (χ1) is 13.6. The third kappa shape index (κ3) is 3.98. The van der Waals surface area contributed by atoms with Crippen LogP contribution >= 0.6 is 22.7 Å². The molecule has 0 radical (unpaired) electrons. The molecule has 2 aromatic rings. The molecule has 0 N–H and O–H groups in total. The van der Waals surface area contributed by atoms with Crippen LogP contribution in [0.3, 0.4) is 0 Å². The van der Waals surface area contributed by atoms with Crippen LogP contribution in [0.15, 0.2) is 22.9 Å². The molecule has 6 nitrogen and oxygen atoms in total. The maximum atomic E-state index is 12.4. The summed E-state index contributed by atoms with van der Waals surface area (Å²) < 4.78 is 5.30. The molecule has 2 aliphatic rings. The molecule has 8 heteroatoms. The van der Waals surface area contributed by atoms with Crippen molar-refractivity contribution in [2.24, 2.45) is 0 Å². The molecule has 0 unspecified atom stereocenters. The Morgan fingerprint density at radius 3 is 2.50 bits per heavy atom. The molecule has 1 saturated heterocycles. The molecule has 1 aliphatic carbocycles. The predicted octanol–water partition coefficient (Wildman–Crippen LogP) is 2.83. The van der Waals surface area contributed by atoms with Gasteiger partial charge in [-0.05, 0) is 42.7 Å². The summed E-state index contributed by atoms with van der Waals surface area (Å²) in [5.41, 5.74) is 1.73. The minimum atomic E-state index is -0.403. The summed E-state index contributed by atoms with van der Waals surface area (Å²) in [5, 5.41) is 3.74. The van der Waals surface area contributed by atoms with Gasteiger partial charge in [-0.2, -0.15) is 0 Å². The highest BCUT2D eigenvalue weighted by molar-refractivity contribution is 7.12. The van der Waals surface area contributed by atoms with Crippen molar-refractivity contribution in [3.63, 3.8) is 0 Å². The molecule has 2 amide bonds. The second-order valence-corrected chi connectivity index (χ2v) is 8.90. The lowest BCUT2D eigenvalue weighted by Gasteiger charge is -2.34. The van der Waals surface area contributed by atoms with Gasteiger partial charge in [-0.3, -0.25) is 9.59 Å². The van der Waals surface area contributed by atoms with Crippen molar-refractivity contribution < 1.29 is 19.1 Å². The van der Waals surface area contributed by atoms with E-state index in [2.05, 4.69) is 0 Å². The molecule has 148 valence electrons. The number of carbonyl (C=O) groups excluding carboxylic acids is 3. The summed E-state index contributed by atoms with van der Waals surface area (Å²) in [6, 6.07) is 3.67. The minimum absolute atomic E-state index is 0.00996. The van der Waals surface area contributed by atoms with Crippen molar-refractivity contribution in [1.82, 2.24) is 9.80 Å². The molecule has 1 aliphatic heterocycles. The van der Waals surface area contributed by atoms with Crippen LogP contribution in [0.4, 0.5) is 0 Å². The van der Waals surface area contributed by atoms with Crippen LogP contribution < -0.4 is 0 Å². The summed E-state index contributed by atoms with van der Waals surface area (Å²) in [5.74, 6) is -0.601. The predicted molar refractivity (Wildman–Crippen MR) is 108 cm³/mol. The molecule has 28 heavy (non-hydrogen) atoms. The number of hydrogen-bond acceptors (Lipinski definition) is 6. The Balaban J connectivity index is 1.26. The highest BCUT2D eigenvalue weighted by Gasteiger charge is 2.27. The molecule has 3 heterocycles. The summed E-state index contributed by atoms with van der Waals surface area (Å²) in [7, 11) is 0. The van der Waals surface area contributed by atoms with Crippen molar-refractivity contribution >= 4 is 40.5 Å². The lowest BCUT2D eigenvalue weighted by atomic mass is 9.96. The highest BCUT2D eigenvalue weighted by Crippen LogP contribution is 2.30. The summed E-state index contributed by atoms with van der Waals surface area (Å²) in [4.78, 5) is 42.6. The molecule has 2 aromatic heterocycles. The fourth-order valence-electron chi connectivity index (χ4n) is 3.68. The van der Waals surface area contributed by atoms with Crippen LogP contribution in [0, 0.1) is 0 Å². The second-order valence-electron chi connectivity index (χ2n) is 6.98. The van der Waals surface area contributed by atoms with Gasteiger partial charge in [0, 0.05) is 36.4 Å². The van der Waals surface area contributed by atoms with Crippen LogP contribution in [-0.2, 0) is 22.4 Å². The number of hydrogen-bond donors (Lipinski definition) is 0. The van der Waals surface area contributed by atoms with Crippen molar-refractivity contribution in [2.45, 2.75) is 25.7 Å². The molecular formula is C20H22N2O4S2. The molecule has 0 spiro atoms. The molecular weight excluding hydrogens is 396 g/mol. The third-order valence-electron chi connectivity index (χ3n) is 5.26. The summed E-state index contributed by atoms with van der Waals surface area (Å²) >= 11 is 3.03. The van der Waals surface area contributed by atoms with Crippen molar-refractivity contribution in [3.05, 3.63) is 43.8 Å². The topological polar surface area (TPSA) is 66.9 Å². The van der Waals surface area contributed by atoms with Gasteiger partial charge in [0.2, 0.25) is 0 Å². The lowest BCUT2D eigenvalue weighted by molar-refractivity contribution is -0.136. The second kappa shape index (κ2) is 8.45. The van der Waals surface area contributed by atoms with Crippen LogP contribution in [0.5, 0.6) is 0 Å². The Morgan fingerprint density at radius 1 is 1.00 bits per heavy atom. The number of aryl methyl sites for hydroxylation is 1. The Morgan fingerprint density at radius 2 is 1.75 bits per heavy atom. The number of carbonyl (C=O) groups is 3. The maximum absolute atomic E-state index is 12.4. The fraction of sp³-hybridized carbons (Fsp3) is 0.450. The summed E-state index contributed by atoms with van der Waals surface area (Å²) in [6.07, 6.45) is 4.21. The maximum Gasteiger partial charge on any atom is 0.339 e. The average Bonchev–Trinajstić information content (AvgIpc) is 3.41. The van der Waals surface area contributed by atoms with Crippen LogP contribution in [0.1, 0.15) is 43.3 Å². The number of esters is 1. The quantitative estimate of drug-likeness (QED) is 0.716. The molecule has 1 fully saturated rings. The van der Waals surface area contributed by atoms with Gasteiger partial charge in [-0.1, -0.05) is 6.07 Å². The van der Waals surface area contributed by atoms with E-state index in [4.69, 9.17) is 4.74 Å². The van der Waals surface area contributed by atoms with E-state index in [0.29, 0.717) is 36.6 Å². The van der Waals surface area contributed by atoms with E-state index >= 15 is 0 Å². The third-order valence-corrected chi connectivity index (χ3v) is 7.21. The van der Waals surface area contributed by atoms with Crippen LogP contribution in [0.25, 0.3) is 0 Å². The van der Waals surface area contributed by atoms with Gasteiger partial charge in [-0.25, -0.2) is 4.79 Å². The number of thiophene rings is 2. The first-order valence-electron chi connectivity index (χ1n) is 9.50. The van der Waals surface area contributed by atoms with Gasteiger partial charge < -0.3 is 14.5 Å². The standard InChI is InChI=1S/C20H22N2O4S2/c23-18(12-26-20(25)15-13-28-16-5-2-1-4-14(15)16)21-7-9-22(10-8-21)19(24)17-6-3-11-27-17/h3,6,11,13H,1-2,4-5,7-10,12H2. The summed E-state index contributed by atoms with van der Waals surface area (Å²) in [6.45, 7) is 1.66. The van der Waals surface area contributed by atoms with E-state index in [9.17, 15) is 14.4 Å².